The van der Waals surface area contributed by atoms with Crippen LogP contribution in [0, 0.1) is 0 Å². The molecule has 4 rings (SSSR count). The first-order valence-corrected chi connectivity index (χ1v) is 9.69. The fourth-order valence-corrected chi connectivity index (χ4v) is 3.23. The number of aromatic nitrogens is 3. The van der Waals surface area contributed by atoms with Gasteiger partial charge in [0.05, 0.1) is 5.56 Å². The SMILES string of the molecule is Nc1nccc2cc(NC(=O)C(O)c3cccn(-c4ccc(OC(F)(F)F)cc4)c3=O)ncc12. The van der Waals surface area contributed by atoms with Gasteiger partial charge in [-0.15, -0.1) is 13.2 Å². The van der Waals surface area contributed by atoms with Gasteiger partial charge in [-0.05, 0) is 53.9 Å². The zero-order valence-corrected chi connectivity index (χ0v) is 17.2. The molecule has 0 aliphatic heterocycles. The van der Waals surface area contributed by atoms with Gasteiger partial charge < -0.3 is 20.9 Å². The molecular weight excluding hydrogens is 455 g/mol. The second-order valence-corrected chi connectivity index (χ2v) is 7.06. The van der Waals surface area contributed by atoms with Crippen molar-refractivity contribution < 1.29 is 27.8 Å². The Bertz CT molecular complexity index is 1420. The number of amides is 1. The van der Waals surface area contributed by atoms with Crippen LogP contribution < -0.4 is 21.3 Å². The first-order valence-electron chi connectivity index (χ1n) is 9.69. The molecule has 0 aliphatic carbocycles. The number of pyridine rings is 3. The summed E-state index contributed by atoms with van der Waals surface area (Å²) in [7, 11) is 0. The Morgan fingerprint density at radius 3 is 2.59 bits per heavy atom. The normalized spacial score (nSPS) is 12.4. The highest BCUT2D eigenvalue weighted by Gasteiger charge is 2.31. The molecule has 3 aromatic heterocycles. The van der Waals surface area contributed by atoms with Crippen molar-refractivity contribution in [2.45, 2.75) is 12.5 Å². The van der Waals surface area contributed by atoms with E-state index in [4.69, 9.17) is 5.73 Å². The first kappa shape index (κ1) is 22.7. The van der Waals surface area contributed by atoms with Crippen molar-refractivity contribution in [3.8, 4) is 11.4 Å². The van der Waals surface area contributed by atoms with Crippen LogP contribution in [0.5, 0.6) is 5.75 Å². The van der Waals surface area contributed by atoms with Gasteiger partial charge in [-0.2, -0.15) is 0 Å². The van der Waals surface area contributed by atoms with E-state index in [1.807, 2.05) is 0 Å². The molecular formula is C22H16F3N5O4. The molecule has 34 heavy (non-hydrogen) atoms. The number of carbonyl (C=O) groups excluding carboxylic acids is 1. The summed E-state index contributed by atoms with van der Waals surface area (Å²) >= 11 is 0. The van der Waals surface area contributed by atoms with Crippen LogP contribution in [0.2, 0.25) is 0 Å². The molecule has 9 nitrogen and oxygen atoms in total. The van der Waals surface area contributed by atoms with Crippen molar-refractivity contribution in [1.29, 1.82) is 0 Å². The number of carbonyl (C=O) groups is 1. The van der Waals surface area contributed by atoms with E-state index in [1.54, 1.807) is 6.07 Å². The molecule has 0 fully saturated rings. The molecule has 1 amide bonds. The third-order valence-corrected chi connectivity index (χ3v) is 4.80. The number of alkyl halides is 3. The predicted molar refractivity (Wildman–Crippen MR) is 116 cm³/mol. The fraction of sp³-hybridized carbons (Fsp3) is 0.0909. The maximum Gasteiger partial charge on any atom is 0.573 e. The zero-order valence-electron chi connectivity index (χ0n) is 17.2. The topological polar surface area (TPSA) is 132 Å². The Balaban J connectivity index is 1.56. The largest absolute Gasteiger partial charge is 0.573 e. The number of aliphatic hydroxyl groups excluding tert-OH is 1. The second-order valence-electron chi connectivity index (χ2n) is 7.06. The van der Waals surface area contributed by atoms with Gasteiger partial charge in [-0.25, -0.2) is 9.97 Å². The van der Waals surface area contributed by atoms with E-state index in [9.17, 15) is 27.9 Å². The van der Waals surface area contributed by atoms with Gasteiger partial charge in [0.1, 0.15) is 17.4 Å². The van der Waals surface area contributed by atoms with Gasteiger partial charge >= 0.3 is 6.36 Å². The first-order chi connectivity index (χ1) is 16.1. The van der Waals surface area contributed by atoms with Gasteiger partial charge in [0.2, 0.25) is 0 Å². The van der Waals surface area contributed by atoms with Crippen LogP contribution in [0.4, 0.5) is 24.8 Å². The Kier molecular flexibility index (Phi) is 5.90. The minimum Gasteiger partial charge on any atom is -0.406 e. The third kappa shape index (κ3) is 4.81. The highest BCUT2D eigenvalue weighted by Crippen LogP contribution is 2.24. The molecule has 0 radical (unpaired) electrons. The molecule has 4 aromatic rings. The number of nitrogen functional groups attached to an aromatic ring is 1. The third-order valence-electron chi connectivity index (χ3n) is 4.80. The van der Waals surface area contributed by atoms with Crippen molar-refractivity contribution in [3.63, 3.8) is 0 Å². The monoisotopic (exact) mass is 471 g/mol. The standard InChI is InChI=1S/C22H16F3N5O4/c23-22(24,25)34-14-5-3-13(4-6-14)30-9-1-2-15(21(30)33)18(31)20(32)29-17-10-12-7-8-27-19(26)16(12)11-28-17/h1-11,18,31H,(H2,26,27)(H,28,29,32). The molecule has 3 heterocycles. The van der Waals surface area contributed by atoms with Crippen LogP contribution in [-0.4, -0.2) is 31.9 Å². The number of hydrogen-bond acceptors (Lipinski definition) is 7. The number of nitrogens with one attached hydrogen (secondary N) is 1. The van der Waals surface area contributed by atoms with E-state index in [0.29, 0.717) is 10.8 Å². The van der Waals surface area contributed by atoms with E-state index in [0.717, 1.165) is 16.7 Å². The molecule has 12 heteroatoms. The summed E-state index contributed by atoms with van der Waals surface area (Å²) in [4.78, 5) is 33.5. The van der Waals surface area contributed by atoms with Crippen LogP contribution >= 0.6 is 0 Å². The highest BCUT2D eigenvalue weighted by molar-refractivity contribution is 5.97. The van der Waals surface area contributed by atoms with E-state index in [1.165, 1.54) is 48.9 Å². The molecule has 4 N–H and O–H groups in total. The second kappa shape index (κ2) is 8.83. The summed E-state index contributed by atoms with van der Waals surface area (Å²) in [6, 6.07) is 10.4. The van der Waals surface area contributed by atoms with Crippen molar-refractivity contribution >= 4 is 28.3 Å². The average Bonchev–Trinajstić information content (AvgIpc) is 2.78. The lowest BCUT2D eigenvalue weighted by molar-refractivity contribution is -0.274. The summed E-state index contributed by atoms with van der Waals surface area (Å²) < 4.78 is 41.9. The minimum atomic E-state index is -4.85. The molecule has 0 bridgehead atoms. The quantitative estimate of drug-likeness (QED) is 0.408. The number of nitrogens with two attached hydrogens (primary N) is 1. The highest BCUT2D eigenvalue weighted by atomic mass is 19.4. The van der Waals surface area contributed by atoms with E-state index in [-0.39, 0.29) is 22.9 Å². The van der Waals surface area contributed by atoms with Gasteiger partial charge in [-0.1, -0.05) is 0 Å². The van der Waals surface area contributed by atoms with Gasteiger partial charge in [0, 0.05) is 29.7 Å². The summed E-state index contributed by atoms with van der Waals surface area (Å²) in [6.07, 6.45) is -2.43. The molecule has 0 saturated carbocycles. The van der Waals surface area contributed by atoms with Crippen LogP contribution in [0.1, 0.15) is 11.7 Å². The number of anilines is 2. The Hall–Kier alpha value is -4.45. The fourth-order valence-electron chi connectivity index (χ4n) is 3.23. The summed E-state index contributed by atoms with van der Waals surface area (Å²) in [5.41, 5.74) is 5.00. The van der Waals surface area contributed by atoms with Gasteiger partial charge in [-0.3, -0.25) is 14.2 Å². The number of aliphatic hydroxyl groups is 1. The number of hydrogen-bond donors (Lipinski definition) is 3. The number of rotatable bonds is 5. The van der Waals surface area contributed by atoms with Crippen LogP contribution in [0.15, 0.2) is 71.9 Å². The van der Waals surface area contributed by atoms with Gasteiger partial charge in [0.25, 0.3) is 11.5 Å². The summed E-state index contributed by atoms with van der Waals surface area (Å²) in [6.45, 7) is 0. The molecule has 0 aliphatic rings. The van der Waals surface area contributed by atoms with E-state index < -0.39 is 29.7 Å². The van der Waals surface area contributed by atoms with Crippen molar-refractivity contribution in [2.24, 2.45) is 0 Å². The molecule has 1 unspecified atom stereocenters. The predicted octanol–water partition coefficient (Wildman–Crippen LogP) is 2.93. The Morgan fingerprint density at radius 2 is 1.88 bits per heavy atom. The number of halogens is 3. The van der Waals surface area contributed by atoms with E-state index in [2.05, 4.69) is 20.0 Å². The lowest BCUT2D eigenvalue weighted by atomic mass is 10.1. The summed E-state index contributed by atoms with van der Waals surface area (Å²) in [5.74, 6) is -0.970. The average molecular weight is 471 g/mol. The Morgan fingerprint density at radius 1 is 1.15 bits per heavy atom. The Labute approximate surface area is 189 Å². The van der Waals surface area contributed by atoms with Crippen molar-refractivity contribution in [3.05, 3.63) is 83.0 Å². The summed E-state index contributed by atoms with van der Waals surface area (Å²) in [5, 5.41) is 14.2. The maximum atomic E-state index is 12.9. The lowest BCUT2D eigenvalue weighted by Crippen LogP contribution is -2.29. The number of nitrogens with zero attached hydrogens (tertiary/aromatic N) is 3. The molecule has 174 valence electrons. The lowest BCUT2D eigenvalue weighted by Gasteiger charge is -2.14. The van der Waals surface area contributed by atoms with Crippen LogP contribution in [-0.2, 0) is 4.79 Å². The molecule has 0 saturated heterocycles. The van der Waals surface area contributed by atoms with Gasteiger partial charge in [0.15, 0.2) is 6.10 Å². The maximum absolute atomic E-state index is 12.9. The minimum absolute atomic E-state index is 0.124. The van der Waals surface area contributed by atoms with Crippen molar-refractivity contribution in [2.75, 3.05) is 11.1 Å². The van der Waals surface area contributed by atoms with Crippen LogP contribution in [0.3, 0.4) is 0 Å². The molecule has 1 aromatic carbocycles. The van der Waals surface area contributed by atoms with Crippen LogP contribution in [0.25, 0.3) is 16.5 Å². The molecule has 1 atom stereocenters. The number of fused-ring (bicyclic) bond motifs is 1. The smallest absolute Gasteiger partial charge is 0.406 e. The zero-order chi connectivity index (χ0) is 24.5. The van der Waals surface area contributed by atoms with E-state index >= 15 is 0 Å². The molecule has 0 spiro atoms. The van der Waals surface area contributed by atoms with Crippen molar-refractivity contribution in [1.82, 2.24) is 14.5 Å². The number of benzene rings is 1. The number of ether oxygens (including phenoxy) is 1.